The number of nitrogens with zero attached hydrogens (tertiary/aromatic N) is 2. The Hall–Kier alpha value is -2.20. The number of rotatable bonds is 8. The number of carbonyl (C=O) groups is 3. The summed E-state index contributed by atoms with van der Waals surface area (Å²) in [4.78, 5) is 41.1. The third-order valence-electron chi connectivity index (χ3n) is 5.89. The normalized spacial score (nSPS) is 17.0. The first-order chi connectivity index (χ1) is 17.8. The van der Waals surface area contributed by atoms with E-state index in [0.29, 0.717) is 51.3 Å². The van der Waals surface area contributed by atoms with E-state index in [1.165, 1.54) is 0 Å². The molecular formula is C26H25BrCl2N2O5S. The molecule has 2 aromatic rings. The minimum absolute atomic E-state index is 0.192. The summed E-state index contributed by atoms with van der Waals surface area (Å²) in [6.07, 6.45) is 4.59. The van der Waals surface area contributed by atoms with Gasteiger partial charge in [-0.1, -0.05) is 29.3 Å². The lowest BCUT2D eigenvalue weighted by Crippen LogP contribution is -2.44. The van der Waals surface area contributed by atoms with Crippen LogP contribution in [0.25, 0.3) is 6.08 Å². The van der Waals surface area contributed by atoms with Crippen molar-refractivity contribution in [3.8, 4) is 11.5 Å². The fourth-order valence-corrected chi connectivity index (χ4v) is 5.90. The molecule has 196 valence electrons. The zero-order chi connectivity index (χ0) is 26.5. The van der Waals surface area contributed by atoms with Crippen LogP contribution >= 0.6 is 50.9 Å². The molecule has 2 saturated heterocycles. The topological polar surface area (TPSA) is 76.2 Å². The lowest BCUT2D eigenvalue weighted by atomic mass is 10.1. The predicted octanol–water partition coefficient (Wildman–Crippen LogP) is 6.78. The Morgan fingerprint density at radius 3 is 2.57 bits per heavy atom. The molecule has 0 bridgehead atoms. The molecule has 11 heteroatoms. The number of benzene rings is 2. The molecule has 3 amide bonds. The number of carbonyl (C=O) groups excluding carboxylic acids is 3. The van der Waals surface area contributed by atoms with E-state index in [2.05, 4.69) is 15.9 Å². The quantitative estimate of drug-likeness (QED) is 0.300. The Labute approximate surface area is 238 Å². The Morgan fingerprint density at radius 1 is 1.11 bits per heavy atom. The van der Waals surface area contributed by atoms with Gasteiger partial charge in [0.1, 0.15) is 13.2 Å². The zero-order valence-electron chi connectivity index (χ0n) is 20.1. The Kier molecular flexibility index (Phi) is 9.45. The number of amides is 3. The number of halogens is 3. The molecule has 0 unspecified atom stereocenters. The standard InChI is InChI=1S/C26H25BrCl2N2O5S/c1-2-35-21-11-16(10-19(27)24(21)36-15-17-6-7-18(28)13-20(17)29)12-22-25(33)31(26(34)37-22)14-23(32)30-8-4-3-5-9-30/h6-7,10-13H,2-5,8-9,14-15H2,1H3/b22-12-. The van der Waals surface area contributed by atoms with Crippen LogP contribution < -0.4 is 9.47 Å². The lowest BCUT2D eigenvalue weighted by molar-refractivity contribution is -0.136. The van der Waals surface area contributed by atoms with Crippen molar-refractivity contribution in [3.63, 3.8) is 0 Å². The summed E-state index contributed by atoms with van der Waals surface area (Å²) in [5.74, 6) is 0.261. The molecule has 0 radical (unpaired) electrons. The monoisotopic (exact) mass is 626 g/mol. The summed E-state index contributed by atoms with van der Waals surface area (Å²) in [7, 11) is 0. The molecule has 0 saturated carbocycles. The highest BCUT2D eigenvalue weighted by Crippen LogP contribution is 2.40. The number of ether oxygens (including phenoxy) is 2. The average Bonchev–Trinajstić information content (AvgIpc) is 3.12. The van der Waals surface area contributed by atoms with Gasteiger partial charge in [-0.3, -0.25) is 19.3 Å². The van der Waals surface area contributed by atoms with Gasteiger partial charge in [-0.15, -0.1) is 0 Å². The van der Waals surface area contributed by atoms with E-state index in [9.17, 15) is 14.4 Å². The van der Waals surface area contributed by atoms with E-state index in [1.807, 2.05) is 6.92 Å². The van der Waals surface area contributed by atoms with Crippen molar-refractivity contribution < 1.29 is 23.9 Å². The first-order valence-electron chi connectivity index (χ1n) is 11.8. The fraction of sp³-hybridized carbons (Fsp3) is 0.346. The summed E-state index contributed by atoms with van der Waals surface area (Å²) in [5, 5.41) is 0.577. The van der Waals surface area contributed by atoms with Gasteiger partial charge in [0.25, 0.3) is 11.1 Å². The highest BCUT2D eigenvalue weighted by Gasteiger charge is 2.37. The van der Waals surface area contributed by atoms with Gasteiger partial charge >= 0.3 is 0 Å². The second-order valence-electron chi connectivity index (χ2n) is 8.50. The average molecular weight is 628 g/mol. The molecule has 0 aliphatic carbocycles. The summed E-state index contributed by atoms with van der Waals surface area (Å²) in [6.45, 7) is 3.53. The smallest absolute Gasteiger partial charge is 0.294 e. The number of piperidine rings is 1. The predicted molar refractivity (Wildman–Crippen MR) is 149 cm³/mol. The number of hydrogen-bond donors (Lipinski definition) is 0. The number of likely N-dealkylation sites (tertiary alicyclic amines) is 1. The molecular weight excluding hydrogens is 603 g/mol. The molecule has 0 atom stereocenters. The Morgan fingerprint density at radius 2 is 1.86 bits per heavy atom. The minimum atomic E-state index is -0.479. The van der Waals surface area contributed by atoms with Gasteiger partial charge in [0, 0.05) is 28.7 Å². The van der Waals surface area contributed by atoms with E-state index < -0.39 is 11.1 Å². The molecule has 0 N–H and O–H groups in total. The van der Waals surface area contributed by atoms with Crippen molar-refractivity contribution in [2.24, 2.45) is 0 Å². The molecule has 2 aliphatic heterocycles. The Bertz CT molecular complexity index is 1250. The Balaban J connectivity index is 1.51. The molecule has 2 heterocycles. The van der Waals surface area contributed by atoms with Crippen LogP contribution in [-0.2, 0) is 16.2 Å². The summed E-state index contributed by atoms with van der Waals surface area (Å²) >= 11 is 16.6. The van der Waals surface area contributed by atoms with Crippen LogP contribution in [0, 0.1) is 0 Å². The summed E-state index contributed by atoms with van der Waals surface area (Å²) in [5.41, 5.74) is 1.40. The van der Waals surface area contributed by atoms with Gasteiger partial charge in [0.2, 0.25) is 5.91 Å². The highest BCUT2D eigenvalue weighted by molar-refractivity contribution is 9.10. The van der Waals surface area contributed by atoms with Crippen molar-refractivity contribution in [2.45, 2.75) is 32.8 Å². The van der Waals surface area contributed by atoms with Gasteiger partial charge in [0.05, 0.1) is 16.0 Å². The molecule has 37 heavy (non-hydrogen) atoms. The maximum absolute atomic E-state index is 13.0. The first-order valence-corrected chi connectivity index (χ1v) is 14.2. The SMILES string of the molecule is CCOc1cc(/C=C2\SC(=O)N(CC(=O)N3CCCCC3)C2=O)cc(Br)c1OCc1ccc(Cl)cc1Cl. The van der Waals surface area contributed by atoms with Crippen LogP contribution in [0.1, 0.15) is 37.3 Å². The number of imide groups is 1. The van der Waals surface area contributed by atoms with Gasteiger partial charge in [-0.05, 0) is 89.8 Å². The first kappa shape index (κ1) is 27.8. The van der Waals surface area contributed by atoms with Crippen LogP contribution in [-0.4, -0.2) is 53.1 Å². The van der Waals surface area contributed by atoms with Crippen molar-refractivity contribution in [1.29, 1.82) is 0 Å². The fourth-order valence-electron chi connectivity index (χ4n) is 4.03. The molecule has 7 nitrogen and oxygen atoms in total. The highest BCUT2D eigenvalue weighted by atomic mass is 79.9. The van der Waals surface area contributed by atoms with Crippen molar-refractivity contribution in [1.82, 2.24) is 9.80 Å². The van der Waals surface area contributed by atoms with E-state index in [4.69, 9.17) is 32.7 Å². The maximum Gasteiger partial charge on any atom is 0.294 e. The van der Waals surface area contributed by atoms with Crippen LogP contribution in [0.2, 0.25) is 10.0 Å². The second-order valence-corrected chi connectivity index (χ2v) is 11.2. The van der Waals surface area contributed by atoms with Crippen LogP contribution in [0.15, 0.2) is 39.7 Å². The lowest BCUT2D eigenvalue weighted by Gasteiger charge is -2.27. The molecule has 2 fully saturated rings. The third kappa shape index (κ3) is 6.82. The van der Waals surface area contributed by atoms with Crippen molar-refractivity contribution in [2.75, 3.05) is 26.2 Å². The van der Waals surface area contributed by atoms with Crippen LogP contribution in [0.4, 0.5) is 4.79 Å². The van der Waals surface area contributed by atoms with Gasteiger partial charge < -0.3 is 14.4 Å². The van der Waals surface area contributed by atoms with Crippen LogP contribution in [0.5, 0.6) is 11.5 Å². The van der Waals surface area contributed by atoms with E-state index in [0.717, 1.165) is 41.5 Å². The minimum Gasteiger partial charge on any atom is -0.490 e. The van der Waals surface area contributed by atoms with E-state index in [1.54, 1.807) is 41.3 Å². The van der Waals surface area contributed by atoms with Gasteiger partial charge in [0.15, 0.2) is 11.5 Å². The van der Waals surface area contributed by atoms with Gasteiger partial charge in [-0.2, -0.15) is 0 Å². The maximum atomic E-state index is 13.0. The van der Waals surface area contributed by atoms with Gasteiger partial charge in [-0.25, -0.2) is 0 Å². The molecule has 2 aliphatic rings. The summed E-state index contributed by atoms with van der Waals surface area (Å²) < 4.78 is 12.4. The molecule has 2 aromatic carbocycles. The number of thioether (sulfide) groups is 1. The molecule has 0 spiro atoms. The number of hydrogen-bond acceptors (Lipinski definition) is 6. The molecule has 4 rings (SSSR count). The molecule has 0 aromatic heterocycles. The van der Waals surface area contributed by atoms with Crippen LogP contribution in [0.3, 0.4) is 0 Å². The van der Waals surface area contributed by atoms with Crippen molar-refractivity contribution in [3.05, 3.63) is 60.9 Å². The second kappa shape index (κ2) is 12.6. The summed E-state index contributed by atoms with van der Waals surface area (Å²) in [6, 6.07) is 8.69. The van der Waals surface area contributed by atoms with E-state index in [-0.39, 0.29) is 24.0 Å². The van der Waals surface area contributed by atoms with Crippen molar-refractivity contribution >= 4 is 74.0 Å². The zero-order valence-corrected chi connectivity index (χ0v) is 24.0. The van der Waals surface area contributed by atoms with E-state index >= 15 is 0 Å². The third-order valence-corrected chi connectivity index (χ3v) is 7.98. The largest absolute Gasteiger partial charge is 0.490 e.